The van der Waals surface area contributed by atoms with Gasteiger partial charge in [0, 0.05) is 17.7 Å². The molecule has 0 spiro atoms. The summed E-state index contributed by atoms with van der Waals surface area (Å²) in [5, 5.41) is 10.4. The third-order valence-corrected chi connectivity index (χ3v) is 4.62. The average molecular weight is 364 g/mol. The first-order chi connectivity index (χ1) is 9.93. The number of nitrogens with zero attached hydrogens (tertiary/aromatic N) is 1. The molecular formula is C13H11Cl2NO3S2. The maximum atomic E-state index is 12.3. The van der Waals surface area contributed by atoms with Crippen molar-refractivity contribution in [2.45, 2.75) is 0 Å². The predicted octanol–water partition coefficient (Wildman–Crippen LogP) is 3.55. The number of halogens is 2. The fraction of sp³-hybridized carbons (Fsp3) is 0.231. The summed E-state index contributed by atoms with van der Waals surface area (Å²) >= 11 is 18.1. The lowest BCUT2D eigenvalue weighted by Gasteiger charge is -2.13. The Bertz CT molecular complexity index is 634. The van der Waals surface area contributed by atoms with Crippen molar-refractivity contribution in [2.75, 3.05) is 20.3 Å². The van der Waals surface area contributed by atoms with Gasteiger partial charge in [-0.3, -0.25) is 9.69 Å². The summed E-state index contributed by atoms with van der Waals surface area (Å²) in [6, 6.07) is 2.96. The van der Waals surface area contributed by atoms with Gasteiger partial charge in [-0.1, -0.05) is 47.2 Å². The summed E-state index contributed by atoms with van der Waals surface area (Å²) < 4.78 is 5.40. The molecule has 2 rings (SSSR count). The molecule has 1 heterocycles. The molecule has 0 aliphatic carbocycles. The van der Waals surface area contributed by atoms with Gasteiger partial charge in [0.05, 0.1) is 23.1 Å². The zero-order valence-corrected chi connectivity index (χ0v) is 14.1. The van der Waals surface area contributed by atoms with Gasteiger partial charge in [-0.05, 0) is 18.2 Å². The maximum Gasteiger partial charge on any atom is 0.266 e. The van der Waals surface area contributed by atoms with Crippen molar-refractivity contribution >= 4 is 63.5 Å². The molecule has 0 aromatic heterocycles. The number of benzene rings is 1. The molecule has 1 amide bonds. The van der Waals surface area contributed by atoms with Gasteiger partial charge in [0.1, 0.15) is 10.1 Å². The number of carbonyl (C=O) groups is 1. The largest absolute Gasteiger partial charge is 0.506 e. The van der Waals surface area contributed by atoms with Crippen LogP contribution in [0.15, 0.2) is 17.0 Å². The number of hydrogen-bond acceptors (Lipinski definition) is 5. The lowest BCUT2D eigenvalue weighted by atomic mass is 10.2. The monoisotopic (exact) mass is 363 g/mol. The highest BCUT2D eigenvalue weighted by Crippen LogP contribution is 2.37. The number of thiocarbonyl (C=S) groups is 1. The zero-order chi connectivity index (χ0) is 15.6. The second-order valence-electron chi connectivity index (χ2n) is 4.15. The van der Waals surface area contributed by atoms with Crippen LogP contribution in [0, 0.1) is 0 Å². The molecule has 1 aliphatic heterocycles. The molecule has 1 saturated heterocycles. The Morgan fingerprint density at radius 3 is 2.86 bits per heavy atom. The second kappa shape index (κ2) is 6.98. The normalized spacial score (nSPS) is 17.1. The van der Waals surface area contributed by atoms with Gasteiger partial charge in [0.2, 0.25) is 0 Å². The fourth-order valence-corrected chi connectivity index (χ4v) is 3.52. The van der Waals surface area contributed by atoms with Crippen molar-refractivity contribution in [3.05, 3.63) is 32.6 Å². The molecule has 1 aromatic carbocycles. The Kier molecular flexibility index (Phi) is 5.51. The number of hydrogen-bond donors (Lipinski definition) is 1. The van der Waals surface area contributed by atoms with Crippen molar-refractivity contribution in [3.8, 4) is 5.75 Å². The minimum atomic E-state index is -0.224. The van der Waals surface area contributed by atoms with Crippen LogP contribution in [0.4, 0.5) is 0 Å². The molecule has 112 valence electrons. The van der Waals surface area contributed by atoms with E-state index in [9.17, 15) is 9.90 Å². The van der Waals surface area contributed by atoms with Crippen molar-refractivity contribution in [2.24, 2.45) is 0 Å². The fourth-order valence-electron chi connectivity index (χ4n) is 1.71. The molecule has 0 saturated carbocycles. The van der Waals surface area contributed by atoms with Gasteiger partial charge in [-0.2, -0.15) is 0 Å². The number of phenols is 1. The van der Waals surface area contributed by atoms with Gasteiger partial charge in [-0.25, -0.2) is 0 Å². The minimum absolute atomic E-state index is 0.122. The average Bonchev–Trinajstić information content (AvgIpc) is 2.68. The first-order valence-corrected chi connectivity index (χ1v) is 7.84. The molecule has 1 N–H and O–H groups in total. The minimum Gasteiger partial charge on any atom is -0.506 e. The van der Waals surface area contributed by atoms with E-state index in [1.807, 2.05) is 0 Å². The summed E-state index contributed by atoms with van der Waals surface area (Å²) in [7, 11) is 1.56. The van der Waals surface area contributed by atoms with E-state index in [2.05, 4.69) is 0 Å². The van der Waals surface area contributed by atoms with Crippen LogP contribution in [0.1, 0.15) is 5.56 Å². The highest BCUT2D eigenvalue weighted by atomic mass is 35.5. The Balaban J connectivity index is 2.31. The van der Waals surface area contributed by atoms with E-state index < -0.39 is 0 Å². The van der Waals surface area contributed by atoms with Crippen LogP contribution in [0.2, 0.25) is 10.0 Å². The molecule has 0 unspecified atom stereocenters. The van der Waals surface area contributed by atoms with Gasteiger partial charge in [-0.15, -0.1) is 0 Å². The molecule has 0 atom stereocenters. The number of phenolic OH excluding ortho intramolecular Hbond substituents is 1. The van der Waals surface area contributed by atoms with E-state index in [1.165, 1.54) is 23.1 Å². The molecular weight excluding hydrogens is 353 g/mol. The van der Waals surface area contributed by atoms with Crippen molar-refractivity contribution < 1.29 is 14.6 Å². The van der Waals surface area contributed by atoms with Crippen molar-refractivity contribution in [1.82, 2.24) is 4.90 Å². The lowest BCUT2D eigenvalue weighted by Crippen LogP contribution is -2.31. The Labute approximate surface area is 141 Å². The Morgan fingerprint density at radius 2 is 2.19 bits per heavy atom. The van der Waals surface area contributed by atoms with E-state index in [-0.39, 0.29) is 16.7 Å². The molecule has 1 aliphatic rings. The van der Waals surface area contributed by atoms with E-state index >= 15 is 0 Å². The van der Waals surface area contributed by atoms with Crippen LogP contribution in [-0.4, -0.2) is 40.5 Å². The molecule has 21 heavy (non-hydrogen) atoms. The standard InChI is InChI=1S/C13H11Cl2NO3S2/c1-19-3-2-16-12(18)10(21-13(16)20)5-7-4-8(14)6-9(15)11(7)17/h4-6,17H,2-3H2,1H3. The van der Waals surface area contributed by atoms with E-state index in [1.54, 1.807) is 7.11 Å². The third-order valence-electron chi connectivity index (χ3n) is 2.74. The van der Waals surface area contributed by atoms with Crippen LogP contribution in [0.3, 0.4) is 0 Å². The lowest BCUT2D eigenvalue weighted by molar-refractivity contribution is -0.122. The van der Waals surface area contributed by atoms with Gasteiger partial charge in [0.15, 0.2) is 0 Å². The van der Waals surface area contributed by atoms with Crippen LogP contribution in [0.25, 0.3) is 6.08 Å². The zero-order valence-electron chi connectivity index (χ0n) is 10.9. The van der Waals surface area contributed by atoms with E-state index in [4.69, 9.17) is 40.2 Å². The van der Waals surface area contributed by atoms with Crippen LogP contribution < -0.4 is 0 Å². The molecule has 1 fully saturated rings. The number of amides is 1. The summed E-state index contributed by atoms with van der Waals surface area (Å²) in [4.78, 5) is 14.1. The van der Waals surface area contributed by atoms with E-state index in [0.29, 0.717) is 33.0 Å². The maximum absolute atomic E-state index is 12.3. The molecule has 0 bridgehead atoms. The SMILES string of the molecule is COCCN1C(=O)C(=Cc2cc(Cl)cc(Cl)c2O)SC1=S. The number of carbonyl (C=O) groups excluding carboxylic acids is 1. The predicted molar refractivity (Wildman–Crippen MR) is 89.9 cm³/mol. The highest BCUT2D eigenvalue weighted by molar-refractivity contribution is 8.26. The molecule has 4 nitrogen and oxygen atoms in total. The number of thioether (sulfide) groups is 1. The second-order valence-corrected chi connectivity index (χ2v) is 6.67. The summed E-state index contributed by atoms with van der Waals surface area (Å²) in [6.45, 7) is 0.786. The summed E-state index contributed by atoms with van der Waals surface area (Å²) in [5.41, 5.74) is 0.375. The Hall–Kier alpha value is -0.790. The van der Waals surface area contributed by atoms with Gasteiger partial charge < -0.3 is 9.84 Å². The number of methoxy groups -OCH3 is 1. The summed E-state index contributed by atoms with van der Waals surface area (Å²) in [5.74, 6) is -0.347. The van der Waals surface area contributed by atoms with Gasteiger partial charge >= 0.3 is 0 Å². The molecule has 1 aromatic rings. The first kappa shape index (κ1) is 16.6. The van der Waals surface area contributed by atoms with Crippen LogP contribution in [-0.2, 0) is 9.53 Å². The smallest absolute Gasteiger partial charge is 0.266 e. The first-order valence-electron chi connectivity index (χ1n) is 5.86. The number of ether oxygens (including phenoxy) is 1. The Morgan fingerprint density at radius 1 is 1.48 bits per heavy atom. The summed E-state index contributed by atoms with van der Waals surface area (Å²) in [6.07, 6.45) is 1.53. The third kappa shape index (κ3) is 3.70. The topological polar surface area (TPSA) is 49.8 Å². The van der Waals surface area contributed by atoms with E-state index in [0.717, 1.165) is 11.8 Å². The van der Waals surface area contributed by atoms with Crippen molar-refractivity contribution in [1.29, 1.82) is 0 Å². The quantitative estimate of drug-likeness (QED) is 0.654. The highest BCUT2D eigenvalue weighted by Gasteiger charge is 2.31. The van der Waals surface area contributed by atoms with Gasteiger partial charge in [0.25, 0.3) is 5.91 Å². The number of aromatic hydroxyl groups is 1. The molecule has 0 radical (unpaired) electrons. The van der Waals surface area contributed by atoms with Crippen molar-refractivity contribution in [3.63, 3.8) is 0 Å². The number of rotatable bonds is 4. The van der Waals surface area contributed by atoms with Crippen LogP contribution in [0.5, 0.6) is 5.75 Å². The molecule has 8 heteroatoms. The van der Waals surface area contributed by atoms with Crippen LogP contribution >= 0.6 is 47.2 Å².